The number of ether oxygens (including phenoxy) is 3. The average molecular weight is 336 g/mol. The van der Waals surface area contributed by atoms with Crippen molar-refractivity contribution in [1.29, 1.82) is 0 Å². The number of benzene rings is 1. The highest BCUT2D eigenvalue weighted by Gasteiger charge is 2.34. The van der Waals surface area contributed by atoms with Crippen LogP contribution in [-0.4, -0.2) is 46.9 Å². The molecule has 2 unspecified atom stereocenters. The van der Waals surface area contributed by atoms with E-state index in [-0.39, 0.29) is 17.7 Å². The van der Waals surface area contributed by atoms with Crippen molar-refractivity contribution in [1.82, 2.24) is 10.6 Å². The van der Waals surface area contributed by atoms with Gasteiger partial charge in [0, 0.05) is 25.6 Å². The fraction of sp³-hybridized carbons (Fsp3) is 0.611. The molecule has 0 aromatic heterocycles. The Morgan fingerprint density at radius 3 is 2.38 bits per heavy atom. The molecule has 0 saturated carbocycles. The summed E-state index contributed by atoms with van der Waals surface area (Å²) in [6.45, 7) is 4.28. The van der Waals surface area contributed by atoms with E-state index in [9.17, 15) is 4.79 Å². The molecule has 1 aromatic rings. The summed E-state index contributed by atoms with van der Waals surface area (Å²) in [5.41, 5.74) is 1.02. The number of hydrogen-bond donors (Lipinski definition) is 2. The number of hydrogen-bond acceptors (Lipinski definition) is 5. The molecule has 1 aliphatic rings. The molecule has 0 radical (unpaired) electrons. The molecule has 1 aliphatic heterocycles. The number of nitrogens with one attached hydrogen (secondary N) is 2. The fourth-order valence-electron chi connectivity index (χ4n) is 3.14. The minimum Gasteiger partial charge on any atom is -0.493 e. The number of amides is 1. The quantitative estimate of drug-likeness (QED) is 0.710. The Morgan fingerprint density at radius 2 is 1.83 bits per heavy atom. The van der Waals surface area contributed by atoms with Gasteiger partial charge in [-0.1, -0.05) is 13.3 Å². The maximum atomic E-state index is 12.5. The first-order valence-electron chi connectivity index (χ1n) is 8.44. The topological polar surface area (TPSA) is 68.8 Å². The van der Waals surface area contributed by atoms with E-state index in [0.29, 0.717) is 23.8 Å². The predicted molar refractivity (Wildman–Crippen MR) is 93.1 cm³/mol. The summed E-state index contributed by atoms with van der Waals surface area (Å²) in [6, 6.07) is 3.87. The van der Waals surface area contributed by atoms with Gasteiger partial charge in [-0.25, -0.2) is 0 Å². The molecule has 134 valence electrons. The second-order valence-electron chi connectivity index (χ2n) is 5.97. The Hall–Kier alpha value is -1.95. The molecule has 2 rings (SSSR count). The molecule has 1 amide bonds. The van der Waals surface area contributed by atoms with Crippen LogP contribution >= 0.6 is 0 Å². The van der Waals surface area contributed by atoms with Crippen LogP contribution in [0.1, 0.15) is 31.2 Å². The Balaban J connectivity index is 2.24. The predicted octanol–water partition coefficient (Wildman–Crippen LogP) is 1.93. The van der Waals surface area contributed by atoms with Crippen LogP contribution in [0.3, 0.4) is 0 Å². The summed E-state index contributed by atoms with van der Waals surface area (Å²) in [6.07, 6.45) is 2.07. The van der Waals surface area contributed by atoms with Crippen LogP contribution in [0.25, 0.3) is 0 Å². The molecule has 1 fully saturated rings. The summed E-state index contributed by atoms with van der Waals surface area (Å²) >= 11 is 0. The van der Waals surface area contributed by atoms with Gasteiger partial charge in [-0.15, -0.1) is 0 Å². The van der Waals surface area contributed by atoms with Crippen molar-refractivity contribution in [2.75, 3.05) is 41.0 Å². The Bertz CT molecular complexity index is 537. The summed E-state index contributed by atoms with van der Waals surface area (Å²) in [4.78, 5) is 12.5. The zero-order chi connectivity index (χ0) is 17.5. The van der Waals surface area contributed by atoms with Crippen LogP contribution in [0.4, 0.5) is 0 Å². The summed E-state index contributed by atoms with van der Waals surface area (Å²) in [5.74, 6) is 1.89. The van der Waals surface area contributed by atoms with E-state index in [4.69, 9.17) is 14.2 Å². The van der Waals surface area contributed by atoms with Crippen molar-refractivity contribution in [3.05, 3.63) is 17.7 Å². The van der Waals surface area contributed by atoms with Gasteiger partial charge in [0.25, 0.3) is 0 Å². The molecule has 1 aromatic carbocycles. The lowest BCUT2D eigenvalue weighted by atomic mass is 9.88. The molecular formula is C18H28N2O4. The number of carbonyl (C=O) groups is 1. The van der Waals surface area contributed by atoms with Crippen molar-refractivity contribution in [2.45, 2.75) is 25.7 Å². The van der Waals surface area contributed by atoms with Gasteiger partial charge in [-0.05, 0) is 24.1 Å². The van der Waals surface area contributed by atoms with Gasteiger partial charge in [-0.2, -0.15) is 0 Å². The maximum absolute atomic E-state index is 12.5. The minimum absolute atomic E-state index is 0.0836. The van der Waals surface area contributed by atoms with Crippen molar-refractivity contribution >= 4 is 5.91 Å². The van der Waals surface area contributed by atoms with E-state index >= 15 is 0 Å². The first kappa shape index (κ1) is 18.4. The largest absolute Gasteiger partial charge is 0.493 e. The normalized spacial score (nSPS) is 19.8. The second kappa shape index (κ2) is 8.78. The fourth-order valence-corrected chi connectivity index (χ4v) is 3.14. The molecule has 6 nitrogen and oxygen atoms in total. The molecule has 24 heavy (non-hydrogen) atoms. The van der Waals surface area contributed by atoms with Crippen molar-refractivity contribution < 1.29 is 19.0 Å². The number of carbonyl (C=O) groups excluding carboxylic acids is 1. The number of rotatable bonds is 8. The lowest BCUT2D eigenvalue weighted by Crippen LogP contribution is -2.34. The van der Waals surface area contributed by atoms with Gasteiger partial charge >= 0.3 is 0 Å². The highest BCUT2D eigenvalue weighted by molar-refractivity contribution is 5.80. The SMILES string of the molecule is CCCCNC(=O)C1CNCC1c1cc(OC)c(OC)c(OC)c1. The third-order valence-corrected chi connectivity index (χ3v) is 4.50. The zero-order valence-electron chi connectivity index (χ0n) is 15.0. The lowest BCUT2D eigenvalue weighted by molar-refractivity contribution is -0.124. The van der Waals surface area contributed by atoms with Crippen LogP contribution in [0.15, 0.2) is 12.1 Å². The molecule has 0 bridgehead atoms. The molecule has 2 N–H and O–H groups in total. The maximum Gasteiger partial charge on any atom is 0.225 e. The number of methoxy groups -OCH3 is 3. The van der Waals surface area contributed by atoms with Crippen LogP contribution in [0.2, 0.25) is 0 Å². The highest BCUT2D eigenvalue weighted by Crippen LogP contribution is 2.42. The third-order valence-electron chi connectivity index (χ3n) is 4.50. The van der Waals surface area contributed by atoms with E-state index in [2.05, 4.69) is 17.6 Å². The standard InChI is InChI=1S/C18H28N2O4/c1-5-6-7-20-18(21)14-11-19-10-13(14)12-8-15(22-2)17(24-4)16(9-12)23-3/h8-9,13-14,19H,5-7,10-11H2,1-4H3,(H,20,21). The number of unbranched alkanes of at least 4 members (excludes halogenated alkanes) is 1. The Kier molecular flexibility index (Phi) is 6.73. The Morgan fingerprint density at radius 1 is 1.17 bits per heavy atom. The van der Waals surface area contributed by atoms with E-state index in [1.165, 1.54) is 0 Å². The van der Waals surface area contributed by atoms with Gasteiger partial charge < -0.3 is 24.8 Å². The summed E-state index contributed by atoms with van der Waals surface area (Å²) in [7, 11) is 4.78. The zero-order valence-corrected chi connectivity index (χ0v) is 15.0. The third kappa shape index (κ3) is 3.93. The van der Waals surface area contributed by atoms with Gasteiger partial charge in [0.15, 0.2) is 11.5 Å². The monoisotopic (exact) mass is 336 g/mol. The van der Waals surface area contributed by atoms with E-state index in [1.54, 1.807) is 21.3 Å². The van der Waals surface area contributed by atoms with Crippen LogP contribution in [0, 0.1) is 5.92 Å². The Labute approximate surface area is 143 Å². The lowest BCUT2D eigenvalue weighted by Gasteiger charge is -2.21. The first-order chi connectivity index (χ1) is 11.7. The van der Waals surface area contributed by atoms with Crippen LogP contribution in [-0.2, 0) is 4.79 Å². The summed E-state index contributed by atoms with van der Waals surface area (Å²) < 4.78 is 16.2. The van der Waals surface area contributed by atoms with Gasteiger partial charge in [0.05, 0.1) is 27.2 Å². The molecule has 1 saturated heterocycles. The van der Waals surface area contributed by atoms with E-state index in [1.807, 2.05) is 12.1 Å². The summed E-state index contributed by atoms with van der Waals surface area (Å²) in [5, 5.41) is 6.36. The molecule has 1 heterocycles. The molecule has 6 heteroatoms. The van der Waals surface area contributed by atoms with Crippen molar-refractivity contribution in [2.24, 2.45) is 5.92 Å². The van der Waals surface area contributed by atoms with Gasteiger partial charge in [0.2, 0.25) is 11.7 Å². The van der Waals surface area contributed by atoms with Crippen molar-refractivity contribution in [3.63, 3.8) is 0 Å². The first-order valence-corrected chi connectivity index (χ1v) is 8.44. The molecule has 0 aliphatic carbocycles. The molecular weight excluding hydrogens is 308 g/mol. The van der Waals surface area contributed by atoms with E-state index < -0.39 is 0 Å². The van der Waals surface area contributed by atoms with Crippen molar-refractivity contribution in [3.8, 4) is 17.2 Å². The smallest absolute Gasteiger partial charge is 0.225 e. The van der Waals surface area contributed by atoms with Gasteiger partial charge in [0.1, 0.15) is 0 Å². The van der Waals surface area contributed by atoms with Crippen LogP contribution < -0.4 is 24.8 Å². The van der Waals surface area contributed by atoms with Crippen LogP contribution in [0.5, 0.6) is 17.2 Å². The molecule has 0 spiro atoms. The minimum atomic E-state index is -0.0929. The molecule has 2 atom stereocenters. The highest BCUT2D eigenvalue weighted by atomic mass is 16.5. The van der Waals surface area contributed by atoms with E-state index in [0.717, 1.165) is 31.5 Å². The second-order valence-corrected chi connectivity index (χ2v) is 5.97. The average Bonchev–Trinajstić information content (AvgIpc) is 3.10. The van der Waals surface area contributed by atoms with Gasteiger partial charge in [-0.3, -0.25) is 4.79 Å².